The Hall–Kier alpha value is -1.72. The molecule has 0 aliphatic rings. The molecule has 0 fully saturated rings. The van der Waals surface area contributed by atoms with Crippen LogP contribution in [0.5, 0.6) is 0 Å². The molecule has 0 radical (unpaired) electrons. The average Bonchev–Trinajstić information content (AvgIpc) is 2.48. The van der Waals surface area contributed by atoms with Crippen molar-refractivity contribution < 1.29 is 9.53 Å². The van der Waals surface area contributed by atoms with Gasteiger partial charge in [0, 0.05) is 0 Å². The lowest BCUT2D eigenvalue weighted by atomic mass is 10.2. The highest BCUT2D eigenvalue weighted by Gasteiger charge is 2.12. The number of nitrogens with one attached hydrogen (secondary N) is 1. The molecule has 0 atom stereocenters. The van der Waals surface area contributed by atoms with Crippen molar-refractivity contribution in [3.63, 3.8) is 0 Å². The minimum atomic E-state index is -0.450. The highest BCUT2D eigenvalue weighted by molar-refractivity contribution is 5.69. The summed E-state index contributed by atoms with van der Waals surface area (Å²) in [5.74, 6) is -0.450. The fraction of sp³-hybridized carbons (Fsp3) is 0.600. The van der Waals surface area contributed by atoms with E-state index in [1.165, 1.54) is 4.68 Å². The number of anilines is 1. The van der Waals surface area contributed by atoms with Gasteiger partial charge in [-0.2, -0.15) is 0 Å². The number of hydrogen-bond donors (Lipinski definition) is 2. The van der Waals surface area contributed by atoms with Crippen LogP contribution < -0.4 is 11.3 Å². The molecule has 16 heavy (non-hydrogen) atoms. The summed E-state index contributed by atoms with van der Waals surface area (Å²) >= 11 is 0. The summed E-state index contributed by atoms with van der Waals surface area (Å²) < 4.78 is 5.93. The van der Waals surface area contributed by atoms with Crippen LogP contribution in [0.2, 0.25) is 0 Å². The van der Waals surface area contributed by atoms with Crippen LogP contribution in [0, 0.1) is 0 Å². The molecule has 3 N–H and O–H groups in total. The number of carbonyl (C=O) groups excluding carboxylic acids is 1. The highest BCUT2D eigenvalue weighted by Crippen LogP contribution is 2.05. The molecule has 1 aromatic rings. The molecule has 0 unspecified atom stereocenters. The first-order valence-electron chi connectivity index (χ1n) is 5.32. The van der Waals surface area contributed by atoms with Crippen molar-refractivity contribution in [1.29, 1.82) is 0 Å². The second-order valence-corrected chi connectivity index (χ2v) is 3.45. The smallest absolute Gasteiger partial charge is 0.327 e. The van der Waals surface area contributed by atoms with Crippen LogP contribution >= 0.6 is 0 Å². The van der Waals surface area contributed by atoms with E-state index in [-0.39, 0.29) is 17.8 Å². The number of H-pyrrole nitrogens is 1. The zero-order chi connectivity index (χ0) is 12.1. The Morgan fingerprint density at radius 1 is 1.50 bits per heavy atom. The summed E-state index contributed by atoms with van der Waals surface area (Å²) in [5.41, 5.74) is 6.12. The lowest BCUT2D eigenvalue weighted by Crippen LogP contribution is -2.24. The van der Waals surface area contributed by atoms with Gasteiger partial charge in [0.05, 0.1) is 12.3 Å². The van der Waals surface area contributed by atoms with Gasteiger partial charge in [0.15, 0.2) is 0 Å². The van der Waals surface area contributed by atoms with Crippen molar-refractivity contribution in [2.24, 2.45) is 0 Å². The maximum Gasteiger partial charge on any atom is 0.327 e. The summed E-state index contributed by atoms with van der Waals surface area (Å²) in [6.45, 7) is 3.87. The Bertz CT molecular complexity index is 419. The summed E-state index contributed by atoms with van der Waals surface area (Å²) in [6, 6.07) is 0. The molecule has 0 saturated carbocycles. The molecule has 0 bridgehead atoms. The number of esters is 1. The standard InChI is InChI=1S/C10H17N3O3/c1-3-5-7-9(11)10(15)13(12-7)6-8(14)16-4-2/h12H,3-6,11H2,1-2H3. The molecule has 1 heterocycles. The predicted molar refractivity (Wildman–Crippen MR) is 60.1 cm³/mol. The molecule has 0 spiro atoms. The normalized spacial score (nSPS) is 10.4. The molecular weight excluding hydrogens is 210 g/mol. The van der Waals surface area contributed by atoms with Crippen LogP contribution in [0.4, 0.5) is 5.69 Å². The molecule has 0 amide bonds. The molecule has 0 aromatic carbocycles. The fourth-order valence-corrected chi connectivity index (χ4v) is 1.44. The summed E-state index contributed by atoms with van der Waals surface area (Å²) in [6.07, 6.45) is 1.57. The Balaban J connectivity index is 2.85. The second kappa shape index (κ2) is 5.39. The second-order valence-electron chi connectivity index (χ2n) is 3.45. The number of rotatable bonds is 5. The van der Waals surface area contributed by atoms with Gasteiger partial charge < -0.3 is 10.5 Å². The van der Waals surface area contributed by atoms with Crippen LogP contribution in [0.15, 0.2) is 4.79 Å². The van der Waals surface area contributed by atoms with Crippen molar-refractivity contribution in [1.82, 2.24) is 9.78 Å². The lowest BCUT2D eigenvalue weighted by molar-refractivity contribution is -0.144. The van der Waals surface area contributed by atoms with Crippen LogP contribution in [0.3, 0.4) is 0 Å². The molecule has 0 aliphatic heterocycles. The molecular formula is C10H17N3O3. The number of ether oxygens (including phenoxy) is 1. The predicted octanol–water partition coefficient (Wildman–Crippen LogP) is 0.274. The van der Waals surface area contributed by atoms with Gasteiger partial charge in [0.2, 0.25) is 0 Å². The van der Waals surface area contributed by atoms with E-state index < -0.39 is 5.97 Å². The molecule has 0 saturated heterocycles. The first-order chi connectivity index (χ1) is 7.60. The van der Waals surface area contributed by atoms with Crippen LogP contribution in [0.1, 0.15) is 26.0 Å². The summed E-state index contributed by atoms with van der Waals surface area (Å²) in [4.78, 5) is 22.8. The van der Waals surface area contributed by atoms with E-state index in [1.807, 2.05) is 6.92 Å². The summed E-state index contributed by atoms with van der Waals surface area (Å²) in [5, 5.41) is 2.82. The minimum Gasteiger partial charge on any atom is -0.465 e. The van der Waals surface area contributed by atoms with Crippen molar-refractivity contribution in [2.45, 2.75) is 33.2 Å². The van der Waals surface area contributed by atoms with E-state index in [2.05, 4.69) is 5.10 Å². The number of nitrogen functional groups attached to an aromatic ring is 1. The first kappa shape index (κ1) is 12.4. The van der Waals surface area contributed by atoms with Gasteiger partial charge in [-0.15, -0.1) is 0 Å². The van der Waals surface area contributed by atoms with Crippen molar-refractivity contribution in [2.75, 3.05) is 12.3 Å². The van der Waals surface area contributed by atoms with E-state index in [4.69, 9.17) is 10.5 Å². The number of carbonyl (C=O) groups is 1. The molecule has 1 rings (SSSR count). The van der Waals surface area contributed by atoms with Gasteiger partial charge in [-0.25, -0.2) is 4.68 Å². The molecule has 6 heteroatoms. The lowest BCUT2D eigenvalue weighted by Gasteiger charge is -2.01. The molecule has 90 valence electrons. The number of aromatic nitrogens is 2. The zero-order valence-electron chi connectivity index (χ0n) is 9.58. The molecule has 6 nitrogen and oxygen atoms in total. The maximum atomic E-state index is 11.6. The zero-order valence-corrected chi connectivity index (χ0v) is 9.58. The molecule has 0 aliphatic carbocycles. The third kappa shape index (κ3) is 2.65. The van der Waals surface area contributed by atoms with Gasteiger partial charge in [-0.05, 0) is 13.3 Å². The van der Waals surface area contributed by atoms with Crippen molar-refractivity contribution >= 4 is 11.7 Å². The number of hydrogen-bond acceptors (Lipinski definition) is 4. The third-order valence-electron chi connectivity index (χ3n) is 2.16. The van der Waals surface area contributed by atoms with E-state index in [9.17, 15) is 9.59 Å². The Labute approximate surface area is 93.4 Å². The SMILES string of the molecule is CCCc1[nH]n(CC(=O)OCC)c(=O)c1N. The number of nitrogens with zero attached hydrogens (tertiary/aromatic N) is 1. The first-order valence-corrected chi connectivity index (χ1v) is 5.32. The quantitative estimate of drug-likeness (QED) is 0.707. The van der Waals surface area contributed by atoms with Gasteiger partial charge in [0.1, 0.15) is 12.2 Å². The number of aromatic amines is 1. The van der Waals surface area contributed by atoms with Crippen LogP contribution in [-0.2, 0) is 22.5 Å². The van der Waals surface area contributed by atoms with E-state index in [0.29, 0.717) is 18.7 Å². The van der Waals surface area contributed by atoms with E-state index in [0.717, 1.165) is 6.42 Å². The third-order valence-corrected chi connectivity index (χ3v) is 2.16. The fourth-order valence-electron chi connectivity index (χ4n) is 1.44. The van der Waals surface area contributed by atoms with Crippen molar-refractivity contribution in [3.8, 4) is 0 Å². The van der Waals surface area contributed by atoms with Crippen LogP contribution in [0.25, 0.3) is 0 Å². The van der Waals surface area contributed by atoms with Crippen molar-refractivity contribution in [3.05, 3.63) is 16.0 Å². The Kier molecular flexibility index (Phi) is 4.16. The number of nitrogens with two attached hydrogens (primary N) is 1. The van der Waals surface area contributed by atoms with Gasteiger partial charge in [-0.1, -0.05) is 13.3 Å². The molecule has 1 aromatic heterocycles. The van der Waals surface area contributed by atoms with Gasteiger partial charge in [-0.3, -0.25) is 14.7 Å². The number of aryl methyl sites for hydroxylation is 1. The van der Waals surface area contributed by atoms with Crippen LogP contribution in [-0.4, -0.2) is 22.4 Å². The Morgan fingerprint density at radius 3 is 2.75 bits per heavy atom. The van der Waals surface area contributed by atoms with Gasteiger partial charge in [0.25, 0.3) is 5.56 Å². The summed E-state index contributed by atoms with van der Waals surface area (Å²) in [7, 11) is 0. The topological polar surface area (TPSA) is 90.1 Å². The average molecular weight is 227 g/mol. The Morgan fingerprint density at radius 2 is 2.19 bits per heavy atom. The highest BCUT2D eigenvalue weighted by atomic mass is 16.5. The maximum absolute atomic E-state index is 11.6. The monoisotopic (exact) mass is 227 g/mol. The largest absolute Gasteiger partial charge is 0.465 e. The van der Waals surface area contributed by atoms with E-state index >= 15 is 0 Å². The van der Waals surface area contributed by atoms with Gasteiger partial charge >= 0.3 is 5.97 Å². The minimum absolute atomic E-state index is 0.124. The van der Waals surface area contributed by atoms with E-state index in [1.54, 1.807) is 6.92 Å².